The van der Waals surface area contributed by atoms with Crippen LogP contribution in [-0.2, 0) is 29.0 Å². The van der Waals surface area contributed by atoms with E-state index < -0.39 is 6.04 Å². The Morgan fingerprint density at radius 2 is 1.50 bits per heavy atom. The molecule has 1 N–H and O–H groups in total. The van der Waals surface area contributed by atoms with E-state index in [1.165, 1.54) is 0 Å². The van der Waals surface area contributed by atoms with E-state index in [1.807, 2.05) is 83.1 Å². The summed E-state index contributed by atoms with van der Waals surface area (Å²) in [5.74, 6) is -0.170. The second-order valence-electron chi connectivity index (χ2n) is 9.49. The van der Waals surface area contributed by atoms with Gasteiger partial charge in [-0.3, -0.25) is 9.59 Å². The molecule has 0 aliphatic heterocycles. The molecular weight excluding hydrogens is 420 g/mol. The molecular formula is C30H36N2O2. The normalized spacial score (nSPS) is 11.8. The third-order valence-electron chi connectivity index (χ3n) is 5.98. The second-order valence-corrected chi connectivity index (χ2v) is 9.49. The summed E-state index contributed by atoms with van der Waals surface area (Å²) >= 11 is 0. The molecule has 178 valence electrons. The molecule has 0 radical (unpaired) electrons. The molecule has 0 saturated heterocycles. The van der Waals surface area contributed by atoms with Gasteiger partial charge >= 0.3 is 0 Å². The molecule has 2 amide bonds. The fraction of sp³-hybridized carbons (Fsp3) is 0.333. The SMILES string of the molecule is Cc1cccc(CN(C(=O)Cc2cc(C)ccc2C)[C@@H](Cc2ccccc2)C(=O)NC(C)C)c1. The van der Waals surface area contributed by atoms with E-state index in [2.05, 4.69) is 29.6 Å². The lowest BCUT2D eigenvalue weighted by Crippen LogP contribution is -2.52. The predicted octanol–water partition coefficient (Wildman–Crippen LogP) is 5.32. The lowest BCUT2D eigenvalue weighted by molar-refractivity contribution is -0.141. The smallest absolute Gasteiger partial charge is 0.243 e. The molecule has 0 spiro atoms. The maximum absolute atomic E-state index is 13.8. The van der Waals surface area contributed by atoms with Crippen LogP contribution in [0.3, 0.4) is 0 Å². The standard InChI is InChI=1S/C30H36N2O2/c1-21(2)31-30(34)28(18-25-11-7-6-8-12-25)32(20-26-13-9-10-22(3)16-26)29(33)19-27-17-23(4)14-15-24(27)5/h6-17,21,28H,18-20H2,1-5H3,(H,31,34)/t28-/m0/s1. The zero-order valence-electron chi connectivity index (χ0n) is 21.0. The van der Waals surface area contributed by atoms with E-state index in [-0.39, 0.29) is 24.3 Å². The number of benzene rings is 3. The first-order chi connectivity index (χ1) is 16.2. The van der Waals surface area contributed by atoms with Crippen molar-refractivity contribution < 1.29 is 9.59 Å². The number of carbonyl (C=O) groups is 2. The van der Waals surface area contributed by atoms with Crippen LogP contribution in [0.1, 0.15) is 47.2 Å². The van der Waals surface area contributed by atoms with Gasteiger partial charge in [-0.2, -0.15) is 0 Å². The van der Waals surface area contributed by atoms with Gasteiger partial charge in [0.25, 0.3) is 0 Å². The maximum Gasteiger partial charge on any atom is 0.243 e. The molecule has 0 aliphatic carbocycles. The predicted molar refractivity (Wildman–Crippen MR) is 139 cm³/mol. The summed E-state index contributed by atoms with van der Waals surface area (Å²) in [5.41, 5.74) is 6.38. The number of rotatable bonds is 9. The van der Waals surface area contributed by atoms with E-state index in [1.54, 1.807) is 4.90 Å². The molecule has 4 heteroatoms. The summed E-state index contributed by atoms with van der Waals surface area (Å²) in [5, 5.41) is 3.05. The molecule has 0 saturated carbocycles. The minimum Gasteiger partial charge on any atom is -0.352 e. The average molecular weight is 457 g/mol. The van der Waals surface area contributed by atoms with Crippen LogP contribution >= 0.6 is 0 Å². The monoisotopic (exact) mass is 456 g/mol. The summed E-state index contributed by atoms with van der Waals surface area (Å²) in [6.07, 6.45) is 0.726. The Kier molecular flexibility index (Phi) is 8.64. The summed E-state index contributed by atoms with van der Waals surface area (Å²) in [7, 11) is 0. The van der Waals surface area contributed by atoms with Crippen molar-refractivity contribution in [2.24, 2.45) is 0 Å². The Balaban J connectivity index is 2.00. The lowest BCUT2D eigenvalue weighted by Gasteiger charge is -2.32. The van der Waals surface area contributed by atoms with Gasteiger partial charge in [-0.1, -0.05) is 83.9 Å². The first-order valence-electron chi connectivity index (χ1n) is 12.0. The maximum atomic E-state index is 13.8. The van der Waals surface area contributed by atoms with Crippen LogP contribution in [0.15, 0.2) is 72.8 Å². The van der Waals surface area contributed by atoms with Gasteiger partial charge < -0.3 is 10.2 Å². The Morgan fingerprint density at radius 1 is 0.824 bits per heavy atom. The molecule has 3 aromatic carbocycles. The Bertz CT molecular complexity index is 1120. The zero-order chi connectivity index (χ0) is 24.7. The molecule has 0 aliphatic rings. The van der Waals surface area contributed by atoms with Crippen molar-refractivity contribution in [1.82, 2.24) is 10.2 Å². The molecule has 0 heterocycles. The highest BCUT2D eigenvalue weighted by atomic mass is 16.2. The van der Waals surface area contributed by atoms with Crippen LogP contribution in [0.4, 0.5) is 0 Å². The first-order valence-corrected chi connectivity index (χ1v) is 12.0. The molecule has 0 fully saturated rings. The minimum absolute atomic E-state index is 0.0132. The summed E-state index contributed by atoms with van der Waals surface area (Å²) in [4.78, 5) is 29.0. The average Bonchev–Trinajstić information content (AvgIpc) is 2.79. The number of aryl methyl sites for hydroxylation is 3. The molecule has 0 unspecified atom stereocenters. The highest BCUT2D eigenvalue weighted by Crippen LogP contribution is 2.19. The van der Waals surface area contributed by atoms with Crippen molar-refractivity contribution in [2.45, 2.75) is 66.1 Å². The number of amides is 2. The number of carbonyl (C=O) groups excluding carboxylic acids is 2. The second kappa shape index (κ2) is 11.6. The summed E-state index contributed by atoms with van der Waals surface area (Å²) < 4.78 is 0. The van der Waals surface area contributed by atoms with Crippen molar-refractivity contribution >= 4 is 11.8 Å². The van der Waals surface area contributed by atoms with Gasteiger partial charge in [0.1, 0.15) is 6.04 Å². The van der Waals surface area contributed by atoms with E-state index in [9.17, 15) is 9.59 Å². The third kappa shape index (κ3) is 7.05. The summed E-state index contributed by atoms with van der Waals surface area (Å²) in [6, 6.07) is 23.6. The van der Waals surface area contributed by atoms with Crippen LogP contribution in [0.2, 0.25) is 0 Å². The Morgan fingerprint density at radius 3 is 2.18 bits per heavy atom. The van der Waals surface area contributed by atoms with Crippen molar-refractivity contribution in [3.63, 3.8) is 0 Å². The molecule has 0 aromatic heterocycles. The van der Waals surface area contributed by atoms with Gasteiger partial charge in [0.15, 0.2) is 0 Å². The van der Waals surface area contributed by atoms with E-state index >= 15 is 0 Å². The Labute approximate surface area is 204 Å². The number of nitrogens with one attached hydrogen (secondary N) is 1. The molecule has 34 heavy (non-hydrogen) atoms. The zero-order valence-corrected chi connectivity index (χ0v) is 21.0. The van der Waals surface area contributed by atoms with Crippen molar-refractivity contribution in [3.05, 3.63) is 106 Å². The Hall–Kier alpha value is -3.40. The fourth-order valence-electron chi connectivity index (χ4n) is 4.20. The minimum atomic E-state index is -0.608. The van der Waals surface area contributed by atoms with Gasteiger partial charge in [0, 0.05) is 19.0 Å². The van der Waals surface area contributed by atoms with E-state index in [0.29, 0.717) is 13.0 Å². The fourth-order valence-corrected chi connectivity index (χ4v) is 4.20. The van der Waals surface area contributed by atoms with Gasteiger partial charge in [-0.05, 0) is 56.9 Å². The molecule has 0 bridgehead atoms. The number of hydrogen-bond donors (Lipinski definition) is 1. The molecule has 3 aromatic rings. The van der Waals surface area contributed by atoms with Crippen LogP contribution in [-0.4, -0.2) is 28.8 Å². The highest BCUT2D eigenvalue weighted by Gasteiger charge is 2.31. The van der Waals surface area contributed by atoms with Crippen LogP contribution in [0.5, 0.6) is 0 Å². The lowest BCUT2D eigenvalue weighted by atomic mass is 9.99. The third-order valence-corrected chi connectivity index (χ3v) is 5.98. The van der Waals surface area contributed by atoms with E-state index in [0.717, 1.165) is 33.4 Å². The van der Waals surface area contributed by atoms with Crippen LogP contribution < -0.4 is 5.32 Å². The van der Waals surface area contributed by atoms with Crippen molar-refractivity contribution in [2.75, 3.05) is 0 Å². The van der Waals surface area contributed by atoms with Crippen LogP contribution in [0.25, 0.3) is 0 Å². The van der Waals surface area contributed by atoms with E-state index in [4.69, 9.17) is 0 Å². The molecule has 4 nitrogen and oxygen atoms in total. The number of nitrogens with zero attached hydrogens (tertiary/aromatic N) is 1. The van der Waals surface area contributed by atoms with Crippen LogP contribution in [0, 0.1) is 20.8 Å². The van der Waals surface area contributed by atoms with Crippen molar-refractivity contribution in [1.29, 1.82) is 0 Å². The van der Waals surface area contributed by atoms with Gasteiger partial charge in [0.2, 0.25) is 11.8 Å². The van der Waals surface area contributed by atoms with Gasteiger partial charge in [-0.25, -0.2) is 0 Å². The summed E-state index contributed by atoms with van der Waals surface area (Å²) in [6.45, 7) is 10.4. The molecule has 1 atom stereocenters. The topological polar surface area (TPSA) is 49.4 Å². The van der Waals surface area contributed by atoms with Gasteiger partial charge in [0.05, 0.1) is 6.42 Å². The quantitative estimate of drug-likeness (QED) is 0.474. The van der Waals surface area contributed by atoms with Crippen molar-refractivity contribution in [3.8, 4) is 0 Å². The largest absolute Gasteiger partial charge is 0.352 e. The van der Waals surface area contributed by atoms with Gasteiger partial charge in [-0.15, -0.1) is 0 Å². The number of hydrogen-bond acceptors (Lipinski definition) is 2. The first kappa shape index (κ1) is 25.2. The highest BCUT2D eigenvalue weighted by molar-refractivity contribution is 5.89. The molecule has 3 rings (SSSR count).